The minimum Gasteiger partial charge on any atom is -0.493 e. The van der Waals surface area contributed by atoms with Crippen LogP contribution in [0.5, 0.6) is 11.5 Å². The van der Waals surface area contributed by atoms with Crippen LogP contribution in [0.15, 0.2) is 24.3 Å². The summed E-state index contributed by atoms with van der Waals surface area (Å²) in [4.78, 5) is 0. The van der Waals surface area contributed by atoms with Crippen LogP contribution in [0.3, 0.4) is 0 Å². The molecule has 2 unspecified atom stereocenters. The quantitative estimate of drug-likeness (QED) is 0.654. The minimum atomic E-state index is 0.268. The van der Waals surface area contributed by atoms with Gasteiger partial charge in [0.05, 0.1) is 12.7 Å². The monoisotopic (exact) mass is 322 g/mol. The van der Waals surface area contributed by atoms with Crippen molar-refractivity contribution in [3.8, 4) is 11.5 Å². The normalized spacial score (nSPS) is 23.0. The summed E-state index contributed by atoms with van der Waals surface area (Å²) < 4.78 is 22.3. The van der Waals surface area contributed by atoms with Gasteiger partial charge < -0.3 is 18.9 Å². The van der Waals surface area contributed by atoms with Crippen molar-refractivity contribution in [2.75, 3.05) is 27.4 Å². The van der Waals surface area contributed by atoms with E-state index in [0.29, 0.717) is 24.5 Å². The van der Waals surface area contributed by atoms with E-state index in [1.807, 2.05) is 24.3 Å². The average molecular weight is 322 g/mol. The number of ether oxygens (including phenoxy) is 4. The molecular formula is C19H30O4. The van der Waals surface area contributed by atoms with Crippen LogP contribution >= 0.6 is 0 Å². The van der Waals surface area contributed by atoms with Gasteiger partial charge in [-0.05, 0) is 30.4 Å². The fourth-order valence-corrected chi connectivity index (χ4v) is 2.98. The van der Waals surface area contributed by atoms with Crippen LogP contribution < -0.4 is 9.47 Å². The Morgan fingerprint density at radius 1 is 1.00 bits per heavy atom. The maximum atomic E-state index is 5.95. The van der Waals surface area contributed by atoms with Crippen molar-refractivity contribution in [1.82, 2.24) is 0 Å². The molecule has 1 saturated carbocycles. The van der Waals surface area contributed by atoms with E-state index in [-0.39, 0.29) is 6.10 Å². The zero-order valence-electron chi connectivity index (χ0n) is 14.8. The van der Waals surface area contributed by atoms with Crippen LogP contribution in [0.1, 0.15) is 33.1 Å². The predicted octanol–water partition coefficient (Wildman–Crippen LogP) is 3.93. The molecule has 0 aliphatic heterocycles. The van der Waals surface area contributed by atoms with Crippen molar-refractivity contribution < 1.29 is 18.9 Å². The molecule has 4 heteroatoms. The topological polar surface area (TPSA) is 36.9 Å². The molecule has 0 saturated heterocycles. The van der Waals surface area contributed by atoms with Gasteiger partial charge in [-0.3, -0.25) is 0 Å². The van der Waals surface area contributed by atoms with E-state index in [0.717, 1.165) is 37.4 Å². The molecule has 23 heavy (non-hydrogen) atoms. The highest BCUT2D eigenvalue weighted by molar-refractivity contribution is 5.33. The van der Waals surface area contributed by atoms with Gasteiger partial charge in [-0.1, -0.05) is 19.9 Å². The molecule has 0 radical (unpaired) electrons. The lowest BCUT2D eigenvalue weighted by atomic mass is 9.92. The Kier molecular flexibility index (Phi) is 7.18. The standard InChI is InChI=1S/C19H30O4/c1-14(12-20-3)8-15(2)13-22-16-6-5-7-17(9-16)23-19-10-18(11-19)21-4/h5-7,9,14-15,18-19H,8,10-13H2,1-4H3. The maximum Gasteiger partial charge on any atom is 0.123 e. The molecule has 1 aliphatic rings. The first-order chi connectivity index (χ1) is 11.1. The highest BCUT2D eigenvalue weighted by atomic mass is 16.5. The Balaban J connectivity index is 1.74. The van der Waals surface area contributed by atoms with Gasteiger partial charge in [0.2, 0.25) is 0 Å². The molecule has 0 heterocycles. The van der Waals surface area contributed by atoms with Crippen LogP contribution in [0.25, 0.3) is 0 Å². The third kappa shape index (κ3) is 6.04. The second kappa shape index (κ2) is 9.14. The van der Waals surface area contributed by atoms with Gasteiger partial charge in [0, 0.05) is 39.7 Å². The van der Waals surface area contributed by atoms with Crippen molar-refractivity contribution in [2.24, 2.45) is 11.8 Å². The molecule has 0 amide bonds. The molecular weight excluding hydrogens is 292 g/mol. The van der Waals surface area contributed by atoms with Crippen molar-refractivity contribution in [3.05, 3.63) is 24.3 Å². The number of benzene rings is 1. The van der Waals surface area contributed by atoms with E-state index < -0.39 is 0 Å². The van der Waals surface area contributed by atoms with Gasteiger partial charge in [0.25, 0.3) is 0 Å². The molecule has 0 bridgehead atoms. The molecule has 2 rings (SSSR count). The van der Waals surface area contributed by atoms with Crippen molar-refractivity contribution in [2.45, 2.75) is 45.3 Å². The van der Waals surface area contributed by atoms with E-state index >= 15 is 0 Å². The average Bonchev–Trinajstić information content (AvgIpc) is 2.49. The molecule has 0 N–H and O–H groups in total. The SMILES string of the molecule is COCC(C)CC(C)COc1cccc(OC2CC(OC)C2)c1. The molecule has 0 aromatic heterocycles. The van der Waals surface area contributed by atoms with Crippen molar-refractivity contribution in [1.29, 1.82) is 0 Å². The third-order valence-electron chi connectivity index (χ3n) is 4.28. The molecule has 1 aliphatic carbocycles. The Morgan fingerprint density at radius 3 is 2.39 bits per heavy atom. The van der Waals surface area contributed by atoms with Crippen LogP contribution in [-0.2, 0) is 9.47 Å². The summed E-state index contributed by atoms with van der Waals surface area (Å²) in [6, 6.07) is 7.93. The summed E-state index contributed by atoms with van der Waals surface area (Å²) in [5, 5.41) is 0. The summed E-state index contributed by atoms with van der Waals surface area (Å²) in [5.74, 6) is 2.80. The van der Waals surface area contributed by atoms with Crippen molar-refractivity contribution >= 4 is 0 Å². The number of methoxy groups -OCH3 is 2. The van der Waals surface area contributed by atoms with E-state index in [2.05, 4.69) is 13.8 Å². The van der Waals surface area contributed by atoms with Crippen LogP contribution in [0.2, 0.25) is 0 Å². The fraction of sp³-hybridized carbons (Fsp3) is 0.684. The third-order valence-corrected chi connectivity index (χ3v) is 4.28. The van der Waals surface area contributed by atoms with Gasteiger partial charge in [-0.15, -0.1) is 0 Å². The molecule has 4 nitrogen and oxygen atoms in total. The fourth-order valence-electron chi connectivity index (χ4n) is 2.98. The van der Waals surface area contributed by atoms with Crippen LogP contribution in [0, 0.1) is 11.8 Å². The lowest BCUT2D eigenvalue weighted by Crippen LogP contribution is -2.38. The van der Waals surface area contributed by atoms with Gasteiger partial charge in [-0.2, -0.15) is 0 Å². The Labute approximate surface area is 140 Å². The lowest BCUT2D eigenvalue weighted by Gasteiger charge is -2.34. The molecule has 1 aromatic carbocycles. The predicted molar refractivity (Wildman–Crippen MR) is 91.2 cm³/mol. The van der Waals surface area contributed by atoms with E-state index in [1.165, 1.54) is 0 Å². The Bertz CT molecular complexity index is 456. The first-order valence-corrected chi connectivity index (χ1v) is 8.52. The molecule has 1 fully saturated rings. The number of hydrogen-bond acceptors (Lipinski definition) is 4. The number of hydrogen-bond donors (Lipinski definition) is 0. The van der Waals surface area contributed by atoms with Crippen LogP contribution in [0.4, 0.5) is 0 Å². The summed E-state index contributed by atoms with van der Waals surface area (Å²) in [7, 11) is 3.50. The molecule has 1 aromatic rings. The molecule has 130 valence electrons. The van der Waals surface area contributed by atoms with Gasteiger partial charge in [0.1, 0.15) is 17.6 Å². The number of rotatable bonds is 10. The highest BCUT2D eigenvalue weighted by Crippen LogP contribution is 2.29. The van der Waals surface area contributed by atoms with E-state index in [1.54, 1.807) is 14.2 Å². The van der Waals surface area contributed by atoms with Gasteiger partial charge >= 0.3 is 0 Å². The first-order valence-electron chi connectivity index (χ1n) is 8.52. The summed E-state index contributed by atoms with van der Waals surface area (Å²) >= 11 is 0. The van der Waals surface area contributed by atoms with Crippen molar-refractivity contribution in [3.63, 3.8) is 0 Å². The first kappa shape index (κ1) is 18.1. The summed E-state index contributed by atoms with van der Waals surface area (Å²) in [5.41, 5.74) is 0. The molecule has 2 atom stereocenters. The zero-order chi connectivity index (χ0) is 16.7. The summed E-state index contributed by atoms with van der Waals surface area (Å²) in [6.45, 7) is 5.94. The van der Waals surface area contributed by atoms with E-state index in [4.69, 9.17) is 18.9 Å². The van der Waals surface area contributed by atoms with Gasteiger partial charge in [-0.25, -0.2) is 0 Å². The minimum absolute atomic E-state index is 0.268. The largest absolute Gasteiger partial charge is 0.493 e. The Hall–Kier alpha value is -1.26. The highest BCUT2D eigenvalue weighted by Gasteiger charge is 2.30. The smallest absolute Gasteiger partial charge is 0.123 e. The van der Waals surface area contributed by atoms with Crippen LogP contribution in [-0.4, -0.2) is 39.6 Å². The second-order valence-corrected chi connectivity index (χ2v) is 6.76. The Morgan fingerprint density at radius 2 is 1.70 bits per heavy atom. The lowest BCUT2D eigenvalue weighted by molar-refractivity contribution is -0.0381. The summed E-state index contributed by atoms with van der Waals surface area (Å²) in [6.07, 6.45) is 3.66. The zero-order valence-corrected chi connectivity index (χ0v) is 14.8. The van der Waals surface area contributed by atoms with Gasteiger partial charge in [0.15, 0.2) is 0 Å². The molecule has 0 spiro atoms. The maximum absolute atomic E-state index is 5.95. The van der Waals surface area contributed by atoms with E-state index in [9.17, 15) is 0 Å². The second-order valence-electron chi connectivity index (χ2n) is 6.76.